The zero-order chi connectivity index (χ0) is 22.5. The Morgan fingerprint density at radius 1 is 1.09 bits per heavy atom. The van der Waals surface area contributed by atoms with Crippen LogP contribution in [0.3, 0.4) is 0 Å². The van der Waals surface area contributed by atoms with Crippen LogP contribution in [-0.4, -0.2) is 93.4 Å². The topological polar surface area (TPSA) is 95.5 Å². The number of likely N-dealkylation sites (tertiary alicyclic amines) is 1. The standard InChI is InChI=1S/C22H41N5O4.HI/c1-4-30-22(29)27-14-11-18(12-15-27)25-21(24-17-20(28)26(2)3)23-13-8-16-31-19-9-6-5-7-10-19;/h18-19H,4-17H2,1-3H3,(H2,23,24,25);1H. The van der Waals surface area contributed by atoms with Crippen LogP contribution in [0.25, 0.3) is 0 Å². The zero-order valence-electron chi connectivity index (χ0n) is 19.9. The Hall–Kier alpha value is -1.30. The number of carbonyl (C=O) groups excluding carboxylic acids is 2. The van der Waals surface area contributed by atoms with Crippen molar-refractivity contribution in [1.82, 2.24) is 20.4 Å². The lowest BCUT2D eigenvalue weighted by Gasteiger charge is -2.32. The normalized spacial score (nSPS) is 18.0. The summed E-state index contributed by atoms with van der Waals surface area (Å²) in [5.41, 5.74) is 0. The van der Waals surface area contributed by atoms with E-state index in [-0.39, 0.29) is 48.6 Å². The highest BCUT2D eigenvalue weighted by atomic mass is 127. The fourth-order valence-corrected chi connectivity index (χ4v) is 3.82. The third-order valence-electron chi connectivity index (χ3n) is 5.75. The number of hydrogen-bond acceptors (Lipinski definition) is 5. The number of halogens is 1. The molecule has 186 valence electrons. The Morgan fingerprint density at radius 2 is 1.78 bits per heavy atom. The van der Waals surface area contributed by atoms with Gasteiger partial charge in [-0.05, 0) is 39.0 Å². The maximum Gasteiger partial charge on any atom is 0.409 e. The molecule has 1 heterocycles. The highest BCUT2D eigenvalue weighted by molar-refractivity contribution is 14.0. The first-order chi connectivity index (χ1) is 15.0. The van der Waals surface area contributed by atoms with Crippen molar-refractivity contribution in [2.45, 2.75) is 70.4 Å². The van der Waals surface area contributed by atoms with Crippen molar-refractivity contribution in [3.05, 3.63) is 0 Å². The van der Waals surface area contributed by atoms with E-state index >= 15 is 0 Å². The SMILES string of the molecule is CCOC(=O)N1CCC(NC(=NCC(=O)N(C)C)NCCCOC2CCCCC2)CC1.I. The Balaban J connectivity index is 0.00000512. The van der Waals surface area contributed by atoms with Crippen LogP contribution in [0, 0.1) is 0 Å². The Bertz CT molecular complexity index is 577. The zero-order valence-corrected chi connectivity index (χ0v) is 22.3. The van der Waals surface area contributed by atoms with Gasteiger partial charge in [0.2, 0.25) is 5.91 Å². The molecule has 0 unspecified atom stereocenters. The number of amides is 2. The van der Waals surface area contributed by atoms with E-state index in [1.165, 1.54) is 37.0 Å². The van der Waals surface area contributed by atoms with E-state index in [0.29, 0.717) is 31.8 Å². The number of ether oxygens (including phenoxy) is 2. The smallest absolute Gasteiger partial charge is 0.409 e. The first-order valence-electron chi connectivity index (χ1n) is 11.8. The predicted molar refractivity (Wildman–Crippen MR) is 137 cm³/mol. The lowest BCUT2D eigenvalue weighted by atomic mass is 9.98. The average molecular weight is 568 g/mol. The summed E-state index contributed by atoms with van der Waals surface area (Å²) in [6.45, 7) is 5.07. The minimum Gasteiger partial charge on any atom is -0.450 e. The number of nitrogens with one attached hydrogen (secondary N) is 2. The van der Waals surface area contributed by atoms with Crippen molar-refractivity contribution in [3.63, 3.8) is 0 Å². The molecule has 0 bridgehead atoms. The molecule has 10 heteroatoms. The van der Waals surface area contributed by atoms with Gasteiger partial charge in [0.05, 0.1) is 12.7 Å². The summed E-state index contributed by atoms with van der Waals surface area (Å²) >= 11 is 0. The van der Waals surface area contributed by atoms with Crippen LogP contribution in [0.15, 0.2) is 4.99 Å². The van der Waals surface area contributed by atoms with Gasteiger partial charge in [0.25, 0.3) is 0 Å². The summed E-state index contributed by atoms with van der Waals surface area (Å²) in [5.74, 6) is 0.598. The minimum absolute atomic E-state index is 0. The van der Waals surface area contributed by atoms with Gasteiger partial charge in [-0.25, -0.2) is 9.79 Å². The molecule has 1 aliphatic heterocycles. The first kappa shape index (κ1) is 28.7. The summed E-state index contributed by atoms with van der Waals surface area (Å²) in [4.78, 5) is 31.6. The van der Waals surface area contributed by atoms with E-state index in [0.717, 1.165) is 32.4 Å². The van der Waals surface area contributed by atoms with E-state index in [1.807, 2.05) is 6.92 Å². The number of piperidine rings is 1. The van der Waals surface area contributed by atoms with Crippen LogP contribution in [-0.2, 0) is 14.3 Å². The molecular weight excluding hydrogens is 525 g/mol. The molecule has 1 saturated heterocycles. The van der Waals surface area contributed by atoms with E-state index in [4.69, 9.17) is 9.47 Å². The molecule has 0 aromatic carbocycles. The number of aliphatic imine (C=N–C) groups is 1. The van der Waals surface area contributed by atoms with Gasteiger partial charge in [0.15, 0.2) is 5.96 Å². The second-order valence-corrected chi connectivity index (χ2v) is 8.47. The molecule has 0 aromatic heterocycles. The van der Waals surface area contributed by atoms with Gasteiger partial charge in [0.1, 0.15) is 6.54 Å². The Kier molecular flexibility index (Phi) is 14.7. The highest BCUT2D eigenvalue weighted by Gasteiger charge is 2.24. The number of nitrogens with zero attached hydrogens (tertiary/aromatic N) is 3. The third kappa shape index (κ3) is 11.0. The molecule has 2 amide bonds. The second kappa shape index (κ2) is 16.3. The van der Waals surface area contributed by atoms with Gasteiger partial charge < -0.3 is 29.9 Å². The highest BCUT2D eigenvalue weighted by Crippen LogP contribution is 2.20. The van der Waals surface area contributed by atoms with E-state index in [2.05, 4.69) is 15.6 Å². The van der Waals surface area contributed by atoms with Gasteiger partial charge in [-0.3, -0.25) is 4.79 Å². The summed E-state index contributed by atoms with van der Waals surface area (Å²) in [5, 5.41) is 6.77. The summed E-state index contributed by atoms with van der Waals surface area (Å²) in [6, 6.07) is 0.199. The van der Waals surface area contributed by atoms with Crippen molar-refractivity contribution < 1.29 is 19.1 Å². The maximum absolute atomic E-state index is 12.0. The molecular formula is C22H42IN5O4. The number of rotatable bonds is 9. The number of hydrogen-bond donors (Lipinski definition) is 2. The molecule has 1 saturated carbocycles. The lowest BCUT2D eigenvalue weighted by Crippen LogP contribution is -2.50. The van der Waals surface area contributed by atoms with E-state index < -0.39 is 0 Å². The quantitative estimate of drug-likeness (QED) is 0.193. The van der Waals surface area contributed by atoms with Crippen LogP contribution in [0.5, 0.6) is 0 Å². The molecule has 9 nitrogen and oxygen atoms in total. The van der Waals surface area contributed by atoms with E-state index in [9.17, 15) is 9.59 Å². The number of guanidine groups is 1. The molecule has 2 rings (SSSR count). The van der Waals surface area contributed by atoms with Crippen molar-refractivity contribution in [2.24, 2.45) is 4.99 Å². The van der Waals surface area contributed by atoms with E-state index in [1.54, 1.807) is 19.0 Å². The maximum atomic E-state index is 12.0. The van der Waals surface area contributed by atoms with Gasteiger partial charge >= 0.3 is 6.09 Å². The van der Waals surface area contributed by atoms with Crippen LogP contribution in [0.1, 0.15) is 58.3 Å². The molecule has 1 aliphatic carbocycles. The van der Waals surface area contributed by atoms with Gasteiger partial charge in [-0.15, -0.1) is 24.0 Å². The first-order valence-corrected chi connectivity index (χ1v) is 11.8. The molecule has 0 aromatic rings. The Morgan fingerprint density at radius 3 is 2.41 bits per heavy atom. The summed E-state index contributed by atoms with van der Waals surface area (Å²) in [7, 11) is 3.46. The Labute approximate surface area is 210 Å². The molecule has 0 spiro atoms. The predicted octanol–water partition coefficient (Wildman–Crippen LogP) is 2.59. The second-order valence-electron chi connectivity index (χ2n) is 8.47. The lowest BCUT2D eigenvalue weighted by molar-refractivity contribution is -0.127. The molecule has 0 atom stereocenters. The van der Waals surface area contributed by atoms with Gasteiger partial charge in [-0.1, -0.05) is 19.3 Å². The fraction of sp³-hybridized carbons (Fsp3) is 0.864. The van der Waals surface area contributed by atoms with Crippen molar-refractivity contribution in [2.75, 3.05) is 53.5 Å². The summed E-state index contributed by atoms with van der Waals surface area (Å²) in [6.07, 6.45) is 8.93. The van der Waals surface area contributed by atoms with Crippen LogP contribution < -0.4 is 10.6 Å². The number of carbonyl (C=O) groups is 2. The third-order valence-corrected chi connectivity index (χ3v) is 5.75. The fourth-order valence-electron chi connectivity index (χ4n) is 3.82. The van der Waals surface area contributed by atoms with Crippen molar-refractivity contribution in [3.8, 4) is 0 Å². The largest absolute Gasteiger partial charge is 0.450 e. The van der Waals surface area contributed by atoms with Gasteiger partial charge in [0, 0.05) is 46.4 Å². The monoisotopic (exact) mass is 567 g/mol. The van der Waals surface area contributed by atoms with Crippen LogP contribution >= 0.6 is 24.0 Å². The number of likely N-dealkylation sites (N-methyl/N-ethyl adjacent to an activating group) is 1. The van der Waals surface area contributed by atoms with Crippen molar-refractivity contribution in [1.29, 1.82) is 0 Å². The van der Waals surface area contributed by atoms with Gasteiger partial charge in [-0.2, -0.15) is 0 Å². The molecule has 32 heavy (non-hydrogen) atoms. The summed E-state index contributed by atoms with van der Waals surface area (Å²) < 4.78 is 11.1. The van der Waals surface area contributed by atoms with Crippen LogP contribution in [0.4, 0.5) is 4.79 Å². The molecule has 0 radical (unpaired) electrons. The minimum atomic E-state index is -0.248. The molecule has 2 N–H and O–H groups in total. The van der Waals surface area contributed by atoms with Crippen LogP contribution in [0.2, 0.25) is 0 Å². The molecule has 2 aliphatic rings. The van der Waals surface area contributed by atoms with Crippen molar-refractivity contribution >= 4 is 41.9 Å². The average Bonchev–Trinajstić information content (AvgIpc) is 2.78. The molecule has 2 fully saturated rings.